The fourth-order valence-electron chi connectivity index (χ4n) is 4.49. The minimum Gasteiger partial charge on any atom is -0.295 e. The molecule has 1 aliphatic carbocycles. The fraction of sp³-hybridized carbons (Fsp3) is 0.440. The van der Waals surface area contributed by atoms with Gasteiger partial charge in [0.15, 0.2) is 0 Å². The molecule has 136 valence electrons. The molecule has 0 N–H and O–H groups in total. The molecule has 0 atom stereocenters. The van der Waals surface area contributed by atoms with Crippen LogP contribution in [0, 0.1) is 5.92 Å². The Bertz CT molecular complexity index is 714. The summed E-state index contributed by atoms with van der Waals surface area (Å²) in [5.74, 6) is 0.809. The number of hydrogen-bond donors (Lipinski definition) is 0. The molecule has 2 aromatic carbocycles. The van der Waals surface area contributed by atoms with E-state index in [9.17, 15) is 0 Å². The average molecular weight is 346 g/mol. The van der Waals surface area contributed by atoms with Gasteiger partial charge in [0.2, 0.25) is 0 Å². The minimum atomic E-state index is 0.809. The topological polar surface area (TPSA) is 3.24 Å². The lowest BCUT2D eigenvalue weighted by Gasteiger charge is -2.17. The maximum atomic E-state index is 2.58. The smallest absolute Gasteiger partial charge is 0.0240 e. The molecule has 0 unspecified atom stereocenters. The van der Waals surface area contributed by atoms with Crippen LogP contribution < -0.4 is 0 Å². The first-order chi connectivity index (χ1) is 12.9. The molecule has 0 amide bonds. The van der Waals surface area contributed by atoms with E-state index in [4.69, 9.17) is 0 Å². The standard InChI is InChI=1S/C25H31N/c1-2-8-21(9-3-1)15-16-23-11-6-10-22(18-23)12-7-17-26-19-24-13-4-5-14-25(24)20-26/h4-6,10-11,13-16,18,21H,1-3,7-9,12,17,19-20H2. The largest absolute Gasteiger partial charge is 0.295 e. The van der Waals surface area contributed by atoms with E-state index in [-0.39, 0.29) is 0 Å². The van der Waals surface area contributed by atoms with Crippen LogP contribution >= 0.6 is 0 Å². The summed E-state index contributed by atoms with van der Waals surface area (Å²) < 4.78 is 0. The van der Waals surface area contributed by atoms with Gasteiger partial charge in [0.1, 0.15) is 0 Å². The van der Waals surface area contributed by atoms with E-state index in [1.54, 1.807) is 0 Å². The molecule has 2 aromatic rings. The maximum absolute atomic E-state index is 2.58. The van der Waals surface area contributed by atoms with Gasteiger partial charge in [0.05, 0.1) is 0 Å². The molecule has 0 bridgehead atoms. The van der Waals surface area contributed by atoms with Crippen LogP contribution in [0.3, 0.4) is 0 Å². The Kier molecular flexibility index (Phi) is 5.86. The highest BCUT2D eigenvalue weighted by Gasteiger charge is 2.17. The summed E-state index contributed by atoms with van der Waals surface area (Å²) in [5, 5.41) is 0. The van der Waals surface area contributed by atoms with E-state index in [0.29, 0.717) is 0 Å². The van der Waals surface area contributed by atoms with Crippen LogP contribution in [0.4, 0.5) is 0 Å². The lowest BCUT2D eigenvalue weighted by Crippen LogP contribution is -2.18. The van der Waals surface area contributed by atoms with E-state index < -0.39 is 0 Å². The predicted octanol–water partition coefficient (Wildman–Crippen LogP) is 6.23. The molecule has 4 rings (SSSR count). The van der Waals surface area contributed by atoms with E-state index in [0.717, 1.165) is 19.0 Å². The number of allylic oxidation sites excluding steroid dienone is 1. The van der Waals surface area contributed by atoms with Gasteiger partial charge in [-0.15, -0.1) is 0 Å². The Labute approximate surface area is 158 Å². The summed E-state index contributed by atoms with van der Waals surface area (Å²) >= 11 is 0. The Morgan fingerprint density at radius 2 is 1.65 bits per heavy atom. The molecule has 1 fully saturated rings. The summed E-state index contributed by atoms with van der Waals surface area (Å²) in [4.78, 5) is 2.58. The van der Waals surface area contributed by atoms with Gasteiger partial charge in [-0.3, -0.25) is 4.90 Å². The van der Waals surface area contributed by atoms with Gasteiger partial charge in [-0.2, -0.15) is 0 Å². The fourth-order valence-corrected chi connectivity index (χ4v) is 4.49. The average Bonchev–Trinajstić information content (AvgIpc) is 3.10. The molecular weight excluding hydrogens is 314 g/mol. The van der Waals surface area contributed by atoms with Crippen molar-refractivity contribution in [2.75, 3.05) is 6.54 Å². The van der Waals surface area contributed by atoms with Crippen LogP contribution in [0.2, 0.25) is 0 Å². The summed E-state index contributed by atoms with van der Waals surface area (Å²) in [7, 11) is 0. The van der Waals surface area contributed by atoms with Crippen LogP contribution in [0.25, 0.3) is 6.08 Å². The van der Waals surface area contributed by atoms with E-state index >= 15 is 0 Å². The first kappa shape index (κ1) is 17.5. The molecule has 0 radical (unpaired) electrons. The third kappa shape index (κ3) is 4.65. The zero-order valence-corrected chi connectivity index (χ0v) is 15.9. The summed E-state index contributed by atoms with van der Waals surface area (Å²) in [6.07, 6.45) is 14.3. The van der Waals surface area contributed by atoms with Crippen molar-refractivity contribution in [3.05, 3.63) is 76.9 Å². The number of benzene rings is 2. The normalized spacial score (nSPS) is 18.5. The third-order valence-corrected chi connectivity index (χ3v) is 6.01. The van der Waals surface area contributed by atoms with Crippen molar-refractivity contribution in [1.82, 2.24) is 4.90 Å². The van der Waals surface area contributed by atoms with Crippen LogP contribution in [-0.4, -0.2) is 11.4 Å². The second kappa shape index (κ2) is 8.68. The molecule has 1 heteroatoms. The van der Waals surface area contributed by atoms with E-state index in [1.807, 2.05) is 0 Å². The number of fused-ring (bicyclic) bond motifs is 1. The summed E-state index contributed by atoms with van der Waals surface area (Å²) in [5.41, 5.74) is 5.89. The molecule has 2 aliphatic rings. The Balaban J connectivity index is 1.26. The first-order valence-corrected chi connectivity index (χ1v) is 10.4. The molecule has 0 spiro atoms. The Morgan fingerprint density at radius 3 is 2.42 bits per heavy atom. The van der Waals surface area contributed by atoms with Gasteiger partial charge in [0, 0.05) is 13.1 Å². The van der Waals surface area contributed by atoms with Crippen molar-refractivity contribution in [2.45, 2.75) is 58.0 Å². The number of rotatable bonds is 6. The summed E-state index contributed by atoms with van der Waals surface area (Å²) in [6.45, 7) is 3.44. The van der Waals surface area contributed by atoms with Gasteiger partial charge in [0.25, 0.3) is 0 Å². The van der Waals surface area contributed by atoms with Gasteiger partial charge in [-0.05, 0) is 60.4 Å². The lowest BCUT2D eigenvalue weighted by molar-refractivity contribution is 0.280. The van der Waals surface area contributed by atoms with Crippen molar-refractivity contribution < 1.29 is 0 Å². The highest BCUT2D eigenvalue weighted by molar-refractivity contribution is 5.50. The molecule has 0 saturated heterocycles. The predicted molar refractivity (Wildman–Crippen MR) is 111 cm³/mol. The molecular formula is C25H31N. The van der Waals surface area contributed by atoms with Crippen molar-refractivity contribution in [3.63, 3.8) is 0 Å². The van der Waals surface area contributed by atoms with Crippen molar-refractivity contribution in [3.8, 4) is 0 Å². The summed E-state index contributed by atoms with van der Waals surface area (Å²) in [6, 6.07) is 18.0. The van der Waals surface area contributed by atoms with Crippen molar-refractivity contribution >= 4 is 6.08 Å². The lowest BCUT2D eigenvalue weighted by atomic mass is 9.88. The molecule has 26 heavy (non-hydrogen) atoms. The third-order valence-electron chi connectivity index (χ3n) is 6.01. The number of aryl methyl sites for hydroxylation is 1. The van der Waals surface area contributed by atoms with Gasteiger partial charge < -0.3 is 0 Å². The van der Waals surface area contributed by atoms with E-state index in [2.05, 4.69) is 65.6 Å². The minimum absolute atomic E-state index is 0.809. The number of hydrogen-bond acceptors (Lipinski definition) is 1. The molecule has 1 aliphatic heterocycles. The van der Waals surface area contributed by atoms with Crippen LogP contribution in [0.1, 0.15) is 60.8 Å². The van der Waals surface area contributed by atoms with Gasteiger partial charge in [-0.25, -0.2) is 0 Å². The second-order valence-electron chi connectivity index (χ2n) is 8.09. The van der Waals surface area contributed by atoms with Crippen molar-refractivity contribution in [2.24, 2.45) is 5.92 Å². The maximum Gasteiger partial charge on any atom is 0.0240 e. The SMILES string of the molecule is C(=CC1CCCCC1)c1cccc(CCCN2Cc3ccccc3C2)c1. The quantitative estimate of drug-likeness (QED) is 0.600. The van der Waals surface area contributed by atoms with Crippen LogP contribution in [0.15, 0.2) is 54.6 Å². The monoisotopic (exact) mass is 345 g/mol. The molecule has 1 heterocycles. The van der Waals surface area contributed by atoms with E-state index in [1.165, 1.54) is 73.7 Å². The molecule has 0 aromatic heterocycles. The zero-order chi connectivity index (χ0) is 17.6. The Morgan fingerprint density at radius 1 is 0.885 bits per heavy atom. The van der Waals surface area contributed by atoms with Crippen LogP contribution in [-0.2, 0) is 19.5 Å². The Hall–Kier alpha value is -1.86. The van der Waals surface area contributed by atoms with Gasteiger partial charge >= 0.3 is 0 Å². The number of nitrogens with zero attached hydrogens (tertiary/aromatic N) is 1. The highest BCUT2D eigenvalue weighted by atomic mass is 15.1. The van der Waals surface area contributed by atoms with Crippen molar-refractivity contribution in [1.29, 1.82) is 0 Å². The molecule has 1 nitrogen and oxygen atoms in total. The molecule has 1 saturated carbocycles. The first-order valence-electron chi connectivity index (χ1n) is 10.4. The second-order valence-corrected chi connectivity index (χ2v) is 8.09. The zero-order valence-electron chi connectivity index (χ0n) is 15.9. The highest BCUT2D eigenvalue weighted by Crippen LogP contribution is 2.25. The van der Waals surface area contributed by atoms with Crippen LogP contribution in [0.5, 0.6) is 0 Å². The van der Waals surface area contributed by atoms with Gasteiger partial charge in [-0.1, -0.05) is 79.9 Å².